The molecule has 9 rings (SSSR count). The molecule has 0 nitrogen and oxygen atoms in total. The van der Waals surface area contributed by atoms with Crippen LogP contribution in [0.2, 0.25) is 0 Å². The normalized spacial score (nSPS) is 29.8. The molecule has 36 heavy (non-hydrogen) atoms. The molecule has 172 valence electrons. The van der Waals surface area contributed by atoms with Gasteiger partial charge in [-0.2, -0.15) is 0 Å². The summed E-state index contributed by atoms with van der Waals surface area (Å²) in [5.41, 5.74) is 15.9. The summed E-state index contributed by atoms with van der Waals surface area (Å²) in [5.74, 6) is 1.26. The van der Waals surface area contributed by atoms with Crippen molar-refractivity contribution < 1.29 is 0 Å². The van der Waals surface area contributed by atoms with E-state index in [1.165, 1.54) is 59.1 Å². The summed E-state index contributed by atoms with van der Waals surface area (Å²) in [6.45, 7) is 0. The summed E-state index contributed by atoms with van der Waals surface area (Å²) in [6, 6.07) is 36.0. The molecule has 3 fully saturated rings. The lowest BCUT2D eigenvalue weighted by Gasteiger charge is -2.36. The molecule has 0 radical (unpaired) electrons. The summed E-state index contributed by atoms with van der Waals surface area (Å²) in [7, 11) is 0. The highest BCUT2D eigenvalue weighted by atomic mass is 14.8. The largest absolute Gasteiger partial charge is 0.0622 e. The van der Waals surface area contributed by atoms with Crippen LogP contribution in [-0.2, 0) is 0 Å². The summed E-state index contributed by atoms with van der Waals surface area (Å²) in [5, 5.41) is 0. The molecule has 0 heterocycles. The maximum Gasteiger partial charge on any atom is 0.0167 e. The van der Waals surface area contributed by atoms with Crippen LogP contribution in [0.3, 0.4) is 0 Å². The summed E-state index contributed by atoms with van der Waals surface area (Å²) < 4.78 is 0. The van der Waals surface area contributed by atoms with Gasteiger partial charge in [-0.25, -0.2) is 0 Å². The first kappa shape index (κ1) is 19.5. The van der Waals surface area contributed by atoms with Gasteiger partial charge in [-0.05, 0) is 57.3 Å². The zero-order valence-electron chi connectivity index (χ0n) is 20.4. The van der Waals surface area contributed by atoms with Gasteiger partial charge >= 0.3 is 0 Å². The van der Waals surface area contributed by atoms with Crippen LogP contribution in [0.15, 0.2) is 108 Å². The number of fused-ring (bicyclic) bond motifs is 11. The van der Waals surface area contributed by atoms with Gasteiger partial charge in [0.2, 0.25) is 0 Å². The Morgan fingerprint density at radius 1 is 0.472 bits per heavy atom. The van der Waals surface area contributed by atoms with E-state index in [-0.39, 0.29) is 0 Å². The molecule has 0 saturated heterocycles. The third kappa shape index (κ3) is 2.15. The Balaban J connectivity index is 1.16. The van der Waals surface area contributed by atoms with E-state index >= 15 is 0 Å². The Morgan fingerprint density at radius 2 is 0.917 bits per heavy atom. The first-order valence-corrected chi connectivity index (χ1v) is 13.7. The van der Waals surface area contributed by atoms with Crippen molar-refractivity contribution in [3.63, 3.8) is 0 Å². The lowest BCUT2D eigenvalue weighted by molar-refractivity contribution is 0.196. The molecule has 0 heteroatoms. The molecule has 5 aliphatic rings. The third-order valence-electron chi connectivity index (χ3n) is 10.3. The maximum absolute atomic E-state index is 2.62. The van der Waals surface area contributed by atoms with E-state index in [9.17, 15) is 0 Å². The molecule has 5 aliphatic carbocycles. The van der Waals surface area contributed by atoms with Crippen LogP contribution in [0.5, 0.6) is 0 Å². The lowest BCUT2D eigenvalue weighted by atomic mass is 9.66. The van der Waals surface area contributed by atoms with Gasteiger partial charge in [0, 0.05) is 22.7 Å². The van der Waals surface area contributed by atoms with Gasteiger partial charge < -0.3 is 0 Å². The third-order valence-corrected chi connectivity index (χ3v) is 10.3. The number of allylic oxidation sites excluding steroid dienone is 2. The zero-order chi connectivity index (χ0) is 23.5. The molecule has 0 N–H and O–H groups in total. The van der Waals surface area contributed by atoms with E-state index < -0.39 is 0 Å². The average molecular weight is 461 g/mol. The zero-order valence-corrected chi connectivity index (χ0v) is 20.4. The lowest BCUT2D eigenvalue weighted by Crippen LogP contribution is -2.28. The topological polar surface area (TPSA) is 0 Å². The Hall–Kier alpha value is -3.64. The van der Waals surface area contributed by atoms with E-state index in [0.29, 0.717) is 22.7 Å². The predicted molar refractivity (Wildman–Crippen MR) is 149 cm³/mol. The number of rotatable bonds is 2. The van der Waals surface area contributed by atoms with E-state index in [2.05, 4.69) is 109 Å². The SMILES string of the molecule is C1=C2C(c3cccc(-c4ccccc4)c31)C21CCCCC12C1=Cc3c(-c4ccccc4)cccc3C12. The van der Waals surface area contributed by atoms with Gasteiger partial charge in [-0.1, -0.05) is 133 Å². The second-order valence-electron chi connectivity index (χ2n) is 11.6. The quantitative estimate of drug-likeness (QED) is 0.280. The monoisotopic (exact) mass is 460 g/mol. The van der Waals surface area contributed by atoms with Gasteiger partial charge in [0.15, 0.2) is 0 Å². The van der Waals surface area contributed by atoms with Crippen LogP contribution in [0, 0.1) is 10.8 Å². The van der Waals surface area contributed by atoms with Gasteiger partial charge in [0.25, 0.3) is 0 Å². The fourth-order valence-corrected chi connectivity index (χ4v) is 8.99. The van der Waals surface area contributed by atoms with Crippen molar-refractivity contribution in [1.82, 2.24) is 0 Å². The molecule has 0 amide bonds. The fraction of sp³-hybridized carbons (Fsp3) is 0.222. The van der Waals surface area contributed by atoms with Crippen LogP contribution in [0.4, 0.5) is 0 Å². The molecule has 0 aromatic heterocycles. The maximum atomic E-state index is 2.62. The van der Waals surface area contributed by atoms with Crippen molar-refractivity contribution in [3.05, 3.63) is 130 Å². The minimum absolute atomic E-state index is 0.366. The molecule has 4 atom stereocenters. The Labute approximate surface area is 213 Å². The van der Waals surface area contributed by atoms with Gasteiger partial charge in [0.1, 0.15) is 0 Å². The van der Waals surface area contributed by atoms with E-state index in [1.807, 2.05) is 0 Å². The highest BCUT2D eigenvalue weighted by molar-refractivity contribution is 5.92. The first-order valence-electron chi connectivity index (χ1n) is 13.7. The summed E-state index contributed by atoms with van der Waals surface area (Å²) in [4.78, 5) is 0. The highest BCUT2D eigenvalue weighted by Crippen LogP contribution is 2.92. The predicted octanol–water partition coefficient (Wildman–Crippen LogP) is 9.26. The molecule has 0 bridgehead atoms. The highest BCUT2D eigenvalue weighted by Gasteiger charge is 2.82. The molecule has 4 aromatic carbocycles. The van der Waals surface area contributed by atoms with E-state index in [0.717, 1.165) is 0 Å². The van der Waals surface area contributed by atoms with Crippen molar-refractivity contribution in [2.45, 2.75) is 37.5 Å². The van der Waals surface area contributed by atoms with Crippen molar-refractivity contribution in [2.75, 3.05) is 0 Å². The summed E-state index contributed by atoms with van der Waals surface area (Å²) in [6.07, 6.45) is 10.7. The molecule has 2 spiro atoms. The van der Waals surface area contributed by atoms with E-state index in [4.69, 9.17) is 0 Å². The van der Waals surface area contributed by atoms with Crippen molar-refractivity contribution in [3.8, 4) is 22.3 Å². The average Bonchev–Trinajstić information content (AvgIpc) is 3.56. The Bertz CT molecular complexity index is 1510. The second kappa shape index (κ2) is 6.56. The van der Waals surface area contributed by atoms with Gasteiger partial charge in [0.05, 0.1) is 0 Å². The minimum Gasteiger partial charge on any atom is -0.0622 e. The Kier molecular flexibility index (Phi) is 3.56. The van der Waals surface area contributed by atoms with Crippen LogP contribution in [0.25, 0.3) is 34.4 Å². The summed E-state index contributed by atoms with van der Waals surface area (Å²) >= 11 is 0. The van der Waals surface area contributed by atoms with Crippen LogP contribution < -0.4 is 0 Å². The molecule has 4 unspecified atom stereocenters. The fourth-order valence-electron chi connectivity index (χ4n) is 8.99. The van der Waals surface area contributed by atoms with Crippen molar-refractivity contribution in [1.29, 1.82) is 0 Å². The van der Waals surface area contributed by atoms with Gasteiger partial charge in [-0.15, -0.1) is 0 Å². The molecular weight excluding hydrogens is 432 g/mol. The Morgan fingerprint density at radius 3 is 1.36 bits per heavy atom. The number of hydrogen-bond donors (Lipinski definition) is 0. The van der Waals surface area contributed by atoms with Gasteiger partial charge in [-0.3, -0.25) is 0 Å². The van der Waals surface area contributed by atoms with Crippen molar-refractivity contribution >= 4 is 12.2 Å². The van der Waals surface area contributed by atoms with Crippen LogP contribution in [0.1, 0.15) is 59.8 Å². The standard InChI is InChI=1S/C36H28/c1-3-11-23(12-4-1)25-15-9-17-27-29(25)21-31-33(27)35(31)19-7-8-20-36(35)32-22-30-26(24-13-5-2-6-14-24)16-10-18-28(30)34(32)36/h1-6,9-18,21-22,33-34H,7-8,19-20H2. The van der Waals surface area contributed by atoms with Crippen LogP contribution >= 0.6 is 0 Å². The molecule has 4 aromatic rings. The first-order chi connectivity index (χ1) is 17.8. The van der Waals surface area contributed by atoms with Crippen LogP contribution in [-0.4, -0.2) is 0 Å². The smallest absolute Gasteiger partial charge is 0.0167 e. The molecule has 3 saturated carbocycles. The molecule has 0 aliphatic heterocycles. The van der Waals surface area contributed by atoms with E-state index in [1.54, 1.807) is 22.3 Å². The minimum atomic E-state index is 0.366. The van der Waals surface area contributed by atoms with Crippen molar-refractivity contribution in [2.24, 2.45) is 10.8 Å². The second-order valence-corrected chi connectivity index (χ2v) is 11.6. The number of hydrogen-bond acceptors (Lipinski definition) is 0. The molecular formula is C36H28. The number of benzene rings is 4.